The summed E-state index contributed by atoms with van der Waals surface area (Å²) in [5, 5.41) is 7.66. The van der Waals surface area contributed by atoms with E-state index in [1.165, 1.54) is 6.21 Å². The minimum Gasteiger partial charge on any atom is -0.490 e. The Bertz CT molecular complexity index is 1520. The maximum absolute atomic E-state index is 12.6. The van der Waals surface area contributed by atoms with E-state index in [0.29, 0.717) is 39.4 Å². The largest absolute Gasteiger partial charge is 0.490 e. The Kier molecular flexibility index (Phi) is 9.44. The van der Waals surface area contributed by atoms with Gasteiger partial charge >= 0.3 is 5.91 Å². The van der Waals surface area contributed by atoms with Crippen molar-refractivity contribution >= 4 is 89.1 Å². The van der Waals surface area contributed by atoms with Gasteiger partial charge < -0.3 is 19.2 Å². The summed E-state index contributed by atoms with van der Waals surface area (Å²) in [6.07, 6.45) is 1.47. The average Bonchev–Trinajstić information content (AvgIpc) is 3.30. The van der Waals surface area contributed by atoms with Gasteiger partial charge in [-0.05, 0) is 100 Å². The van der Waals surface area contributed by atoms with Crippen LogP contribution in [0, 0.1) is 10.5 Å². The minimum absolute atomic E-state index is 0.150. The second kappa shape index (κ2) is 12.8. The molecular formula is C27H22Br2IN3O5. The van der Waals surface area contributed by atoms with Crippen LogP contribution in [-0.4, -0.2) is 31.2 Å². The van der Waals surface area contributed by atoms with Gasteiger partial charge in [0.25, 0.3) is 5.91 Å². The van der Waals surface area contributed by atoms with E-state index in [0.717, 1.165) is 19.0 Å². The summed E-state index contributed by atoms with van der Waals surface area (Å²) < 4.78 is 19.5. The van der Waals surface area contributed by atoms with Gasteiger partial charge in [-0.1, -0.05) is 33.6 Å². The smallest absolute Gasteiger partial charge is 0.307 e. The first-order valence-corrected chi connectivity index (χ1v) is 14.1. The predicted octanol–water partition coefficient (Wildman–Crippen LogP) is 7.05. The predicted molar refractivity (Wildman–Crippen MR) is 162 cm³/mol. The van der Waals surface area contributed by atoms with Crippen LogP contribution in [0.25, 0.3) is 11.0 Å². The Balaban J connectivity index is 1.42. The molecule has 0 atom stereocenters. The summed E-state index contributed by atoms with van der Waals surface area (Å²) in [5.41, 5.74) is 5.54. The number of hydrogen-bond donors (Lipinski definition) is 2. The molecule has 4 aromatic rings. The van der Waals surface area contributed by atoms with E-state index < -0.39 is 5.91 Å². The topological polar surface area (TPSA) is 102 Å². The number of nitrogens with one attached hydrogen (secondary N) is 2. The molecule has 0 bridgehead atoms. The molecule has 1 heterocycles. The van der Waals surface area contributed by atoms with Crippen molar-refractivity contribution < 1.29 is 23.5 Å². The van der Waals surface area contributed by atoms with Gasteiger partial charge in [-0.2, -0.15) is 5.10 Å². The number of hydrogen-bond acceptors (Lipinski definition) is 6. The summed E-state index contributed by atoms with van der Waals surface area (Å²) in [6, 6.07) is 16.4. The summed E-state index contributed by atoms with van der Waals surface area (Å²) in [6.45, 7) is 4.00. The molecule has 2 N–H and O–H groups in total. The van der Waals surface area contributed by atoms with E-state index >= 15 is 0 Å². The first kappa shape index (κ1) is 28.1. The molecule has 38 heavy (non-hydrogen) atoms. The number of rotatable bonds is 9. The second-order valence-electron chi connectivity index (χ2n) is 8.08. The summed E-state index contributed by atoms with van der Waals surface area (Å²) in [4.78, 5) is 24.9. The van der Waals surface area contributed by atoms with Crippen molar-refractivity contribution in [2.24, 2.45) is 5.10 Å². The molecule has 0 fully saturated rings. The normalized spacial score (nSPS) is 11.1. The summed E-state index contributed by atoms with van der Waals surface area (Å²) in [7, 11) is 0. The molecule has 0 saturated carbocycles. The van der Waals surface area contributed by atoms with Gasteiger partial charge in [0.15, 0.2) is 23.9 Å². The maximum atomic E-state index is 12.6. The lowest BCUT2D eigenvalue weighted by Crippen LogP contribution is -2.20. The molecular weight excluding hydrogens is 733 g/mol. The molecule has 0 aliphatic heterocycles. The molecule has 0 unspecified atom stereocenters. The quantitative estimate of drug-likeness (QED) is 0.108. The Hall–Kier alpha value is -2.90. The number of carbonyl (C=O) groups excluding carboxylic acids is 2. The first-order chi connectivity index (χ1) is 18.2. The molecule has 1 aromatic heterocycles. The fraction of sp³-hybridized carbons (Fsp3) is 0.148. The van der Waals surface area contributed by atoms with Gasteiger partial charge in [0, 0.05) is 15.5 Å². The van der Waals surface area contributed by atoms with Crippen LogP contribution in [0.2, 0.25) is 0 Å². The number of ether oxygens (including phenoxy) is 2. The van der Waals surface area contributed by atoms with E-state index in [1.807, 2.05) is 50.2 Å². The summed E-state index contributed by atoms with van der Waals surface area (Å²) in [5.74, 6) is 0.180. The standard InChI is InChI=1S/C27H22Br2IN3O5/c1-3-36-22-9-16(8-20(29)26(22)37-14-24(34)32-19-6-4-15(2)5-7-19)13-31-33-27(35)23-11-17-10-18(28)12-21(30)25(17)38-23/h4-13H,3,14H2,1-2H3,(H,32,34)(H,33,35)/b31-13-. The lowest BCUT2D eigenvalue weighted by molar-refractivity contribution is -0.118. The van der Waals surface area contributed by atoms with Crippen LogP contribution in [0.5, 0.6) is 11.5 Å². The van der Waals surface area contributed by atoms with Crippen molar-refractivity contribution in [1.82, 2.24) is 5.43 Å². The van der Waals surface area contributed by atoms with Gasteiger partial charge in [0.05, 0.1) is 20.9 Å². The molecule has 0 radical (unpaired) electrons. The zero-order chi connectivity index (χ0) is 27.2. The molecule has 8 nitrogen and oxygen atoms in total. The molecule has 0 aliphatic carbocycles. The van der Waals surface area contributed by atoms with Crippen molar-refractivity contribution in [3.05, 3.63) is 84.0 Å². The SMILES string of the molecule is CCOc1cc(/C=N\NC(=O)c2cc3cc(Br)cc(I)c3o2)cc(Br)c1OCC(=O)Nc1ccc(C)cc1. The molecule has 3 aromatic carbocycles. The van der Waals surface area contributed by atoms with Crippen molar-refractivity contribution in [3.63, 3.8) is 0 Å². The van der Waals surface area contributed by atoms with Crippen molar-refractivity contribution in [2.45, 2.75) is 13.8 Å². The van der Waals surface area contributed by atoms with Crippen molar-refractivity contribution in [1.29, 1.82) is 0 Å². The number of amides is 2. The first-order valence-electron chi connectivity index (χ1n) is 11.4. The molecule has 4 rings (SSSR count). The molecule has 0 aliphatic rings. The minimum atomic E-state index is -0.479. The molecule has 11 heteroatoms. The number of furan rings is 1. The van der Waals surface area contributed by atoms with Gasteiger partial charge in [0.2, 0.25) is 0 Å². The van der Waals surface area contributed by atoms with Crippen LogP contribution in [0.1, 0.15) is 28.6 Å². The number of halogens is 3. The van der Waals surface area contributed by atoms with Crippen LogP contribution in [-0.2, 0) is 4.79 Å². The van der Waals surface area contributed by atoms with Crippen molar-refractivity contribution in [3.8, 4) is 11.5 Å². The van der Waals surface area contributed by atoms with Crippen LogP contribution in [0.15, 0.2) is 73.1 Å². The zero-order valence-corrected chi connectivity index (χ0v) is 25.6. The monoisotopic (exact) mass is 753 g/mol. The highest BCUT2D eigenvalue weighted by Crippen LogP contribution is 2.36. The second-order valence-corrected chi connectivity index (χ2v) is 11.0. The molecule has 0 spiro atoms. The number of benzene rings is 3. The number of aryl methyl sites for hydroxylation is 1. The highest BCUT2D eigenvalue weighted by Gasteiger charge is 2.16. The van der Waals surface area contributed by atoms with E-state index in [2.05, 4.69) is 70.3 Å². The maximum Gasteiger partial charge on any atom is 0.307 e. The fourth-order valence-electron chi connectivity index (χ4n) is 3.45. The van der Waals surface area contributed by atoms with Crippen LogP contribution in [0.3, 0.4) is 0 Å². The van der Waals surface area contributed by atoms with Crippen LogP contribution in [0.4, 0.5) is 5.69 Å². The Morgan fingerprint density at radius 1 is 1.08 bits per heavy atom. The fourth-order valence-corrected chi connectivity index (χ4v) is 5.68. The third-order valence-corrected chi connectivity index (χ3v) is 7.00. The Morgan fingerprint density at radius 3 is 2.58 bits per heavy atom. The Morgan fingerprint density at radius 2 is 1.84 bits per heavy atom. The van der Waals surface area contributed by atoms with Gasteiger partial charge in [-0.25, -0.2) is 5.43 Å². The number of carbonyl (C=O) groups is 2. The van der Waals surface area contributed by atoms with Gasteiger partial charge in [0.1, 0.15) is 5.58 Å². The van der Waals surface area contributed by atoms with Gasteiger partial charge in [-0.3, -0.25) is 9.59 Å². The van der Waals surface area contributed by atoms with E-state index in [9.17, 15) is 9.59 Å². The van der Waals surface area contributed by atoms with E-state index in [4.69, 9.17) is 13.9 Å². The van der Waals surface area contributed by atoms with E-state index in [-0.39, 0.29) is 18.3 Å². The summed E-state index contributed by atoms with van der Waals surface area (Å²) >= 11 is 9.07. The zero-order valence-electron chi connectivity index (χ0n) is 20.3. The van der Waals surface area contributed by atoms with Crippen LogP contribution >= 0.6 is 54.5 Å². The molecule has 0 saturated heterocycles. The van der Waals surface area contributed by atoms with Gasteiger partial charge in [-0.15, -0.1) is 0 Å². The third kappa shape index (κ3) is 7.14. The highest BCUT2D eigenvalue weighted by molar-refractivity contribution is 14.1. The third-order valence-electron chi connectivity index (χ3n) is 5.15. The molecule has 196 valence electrons. The Labute approximate surface area is 249 Å². The van der Waals surface area contributed by atoms with Crippen molar-refractivity contribution in [2.75, 3.05) is 18.5 Å². The number of anilines is 1. The lowest BCUT2D eigenvalue weighted by atomic mass is 10.2. The van der Waals surface area contributed by atoms with Crippen LogP contribution < -0.4 is 20.2 Å². The highest BCUT2D eigenvalue weighted by atomic mass is 127. The number of hydrazone groups is 1. The molecule has 2 amide bonds. The lowest BCUT2D eigenvalue weighted by Gasteiger charge is -2.14. The average molecular weight is 755 g/mol. The van der Waals surface area contributed by atoms with E-state index in [1.54, 1.807) is 18.2 Å². The number of nitrogens with zero attached hydrogens (tertiary/aromatic N) is 1. The number of fused-ring (bicyclic) bond motifs is 1.